The van der Waals surface area contributed by atoms with Gasteiger partial charge in [-0.15, -0.1) is 0 Å². The Hall–Kier alpha value is -1.93. The molecule has 7 nitrogen and oxygen atoms in total. The zero-order valence-corrected chi connectivity index (χ0v) is 13.5. The van der Waals surface area contributed by atoms with Gasteiger partial charge in [-0.2, -0.15) is 0 Å². The molecule has 8 heteroatoms. The highest BCUT2D eigenvalue weighted by Crippen LogP contribution is 2.15. The highest BCUT2D eigenvalue weighted by molar-refractivity contribution is 7.92. The van der Waals surface area contributed by atoms with Crippen LogP contribution in [0.1, 0.15) is 5.56 Å². The molecule has 0 aliphatic carbocycles. The van der Waals surface area contributed by atoms with Crippen molar-refractivity contribution >= 4 is 21.7 Å². The number of carbonyl (C=O) groups excluding carboxylic acids is 1. The molecular weight excluding hydrogens is 322 g/mol. The molecule has 2 rings (SSSR count). The minimum absolute atomic E-state index is 0.0631. The van der Waals surface area contributed by atoms with Crippen molar-refractivity contribution in [1.82, 2.24) is 4.90 Å². The van der Waals surface area contributed by atoms with E-state index in [4.69, 9.17) is 9.84 Å². The SMILES string of the molecule is CS(=O)(=O)[C@@H](Cc1ccccc1)C(=O)N1CCO[C@H](C(=O)O)C1. The fraction of sp³-hybridized carbons (Fsp3) is 0.467. The highest BCUT2D eigenvalue weighted by Gasteiger charge is 2.36. The standard InChI is InChI=1S/C15H19NO6S/c1-23(20,21)13(9-11-5-3-2-4-6-11)14(17)16-7-8-22-12(10-16)15(18)19/h2-6,12-13H,7-10H2,1H3,(H,18,19)/t12-,13-/m0/s1. The number of carbonyl (C=O) groups is 2. The number of carboxylic acids is 1. The predicted octanol–water partition coefficient (Wildman–Crippen LogP) is -0.0457. The quantitative estimate of drug-likeness (QED) is 0.806. The fourth-order valence-electron chi connectivity index (χ4n) is 2.45. The van der Waals surface area contributed by atoms with Gasteiger partial charge in [0.15, 0.2) is 15.9 Å². The summed E-state index contributed by atoms with van der Waals surface area (Å²) in [5, 5.41) is 7.77. The number of benzene rings is 1. The Bertz CT molecular complexity index is 672. The van der Waals surface area contributed by atoms with Crippen LogP contribution in [0.15, 0.2) is 30.3 Å². The van der Waals surface area contributed by atoms with E-state index in [2.05, 4.69) is 0 Å². The van der Waals surface area contributed by atoms with Gasteiger partial charge >= 0.3 is 5.97 Å². The van der Waals surface area contributed by atoms with Gasteiger partial charge < -0.3 is 14.7 Å². The summed E-state index contributed by atoms with van der Waals surface area (Å²) in [7, 11) is -3.63. The molecule has 1 heterocycles. The molecule has 0 bridgehead atoms. The first-order valence-corrected chi connectivity index (χ1v) is 9.10. The maximum atomic E-state index is 12.6. The van der Waals surface area contributed by atoms with Crippen LogP contribution in [0.2, 0.25) is 0 Å². The van der Waals surface area contributed by atoms with Crippen LogP contribution < -0.4 is 0 Å². The molecule has 1 fully saturated rings. The van der Waals surface area contributed by atoms with Gasteiger partial charge in [0.25, 0.3) is 0 Å². The van der Waals surface area contributed by atoms with Crippen molar-refractivity contribution in [3.8, 4) is 0 Å². The normalized spacial score (nSPS) is 20.0. The lowest BCUT2D eigenvalue weighted by Gasteiger charge is -2.33. The molecule has 0 saturated carbocycles. The minimum atomic E-state index is -3.63. The van der Waals surface area contributed by atoms with Crippen molar-refractivity contribution in [2.75, 3.05) is 26.0 Å². The van der Waals surface area contributed by atoms with Crippen LogP contribution in [0.3, 0.4) is 0 Å². The van der Waals surface area contributed by atoms with E-state index in [1.807, 2.05) is 0 Å². The maximum absolute atomic E-state index is 12.6. The third-order valence-electron chi connectivity index (χ3n) is 3.71. The molecule has 2 atom stereocenters. The Kier molecular flexibility index (Phi) is 5.38. The van der Waals surface area contributed by atoms with Crippen LogP contribution in [-0.2, 0) is 30.6 Å². The van der Waals surface area contributed by atoms with Gasteiger partial charge in [-0.1, -0.05) is 30.3 Å². The molecule has 0 unspecified atom stereocenters. The molecule has 1 aromatic rings. The van der Waals surface area contributed by atoms with E-state index in [0.717, 1.165) is 11.8 Å². The van der Waals surface area contributed by atoms with E-state index >= 15 is 0 Å². The van der Waals surface area contributed by atoms with Crippen LogP contribution in [0, 0.1) is 0 Å². The van der Waals surface area contributed by atoms with E-state index in [9.17, 15) is 18.0 Å². The molecule has 0 spiro atoms. The maximum Gasteiger partial charge on any atom is 0.334 e. The molecule has 1 saturated heterocycles. The molecule has 23 heavy (non-hydrogen) atoms. The number of ether oxygens (including phenoxy) is 1. The second-order valence-electron chi connectivity index (χ2n) is 5.49. The zero-order chi connectivity index (χ0) is 17.0. The fourth-order valence-corrected chi connectivity index (χ4v) is 3.46. The molecule has 1 N–H and O–H groups in total. The van der Waals surface area contributed by atoms with Gasteiger partial charge in [-0.05, 0) is 12.0 Å². The lowest BCUT2D eigenvalue weighted by Crippen LogP contribution is -2.53. The van der Waals surface area contributed by atoms with Gasteiger partial charge in [0.2, 0.25) is 5.91 Å². The molecule has 1 aliphatic heterocycles. The number of carboxylic acid groups (broad SMARTS) is 1. The van der Waals surface area contributed by atoms with Crippen molar-refractivity contribution in [2.24, 2.45) is 0 Å². The summed E-state index contributed by atoms with van der Waals surface area (Å²) in [5.74, 6) is -1.74. The van der Waals surface area contributed by atoms with Gasteiger partial charge in [0.1, 0.15) is 5.25 Å². The lowest BCUT2D eigenvalue weighted by molar-refractivity contribution is -0.159. The summed E-state index contributed by atoms with van der Waals surface area (Å²) in [4.78, 5) is 24.9. The van der Waals surface area contributed by atoms with Crippen molar-refractivity contribution in [3.05, 3.63) is 35.9 Å². The van der Waals surface area contributed by atoms with Gasteiger partial charge in [-0.3, -0.25) is 4.79 Å². The van der Waals surface area contributed by atoms with E-state index in [-0.39, 0.29) is 26.1 Å². The molecule has 1 amide bonds. The number of hydrogen-bond acceptors (Lipinski definition) is 5. The summed E-state index contributed by atoms with van der Waals surface area (Å²) >= 11 is 0. The summed E-state index contributed by atoms with van der Waals surface area (Å²) in [6.45, 7) is 0.114. The number of hydrogen-bond donors (Lipinski definition) is 1. The van der Waals surface area contributed by atoms with E-state index in [0.29, 0.717) is 0 Å². The van der Waals surface area contributed by atoms with Crippen LogP contribution in [-0.4, -0.2) is 67.6 Å². The van der Waals surface area contributed by atoms with E-state index in [1.54, 1.807) is 30.3 Å². The number of morpholine rings is 1. The molecule has 0 aromatic heterocycles. The van der Waals surface area contributed by atoms with Crippen LogP contribution in [0.5, 0.6) is 0 Å². The Balaban J connectivity index is 2.19. The second-order valence-corrected chi connectivity index (χ2v) is 7.72. The predicted molar refractivity (Wildman–Crippen MR) is 82.7 cm³/mol. The first kappa shape index (κ1) is 17.4. The number of sulfone groups is 1. The molecule has 1 aromatic carbocycles. The Morgan fingerprint density at radius 2 is 2.00 bits per heavy atom. The molecular formula is C15H19NO6S. The Labute approximate surface area is 134 Å². The molecule has 126 valence electrons. The molecule has 0 radical (unpaired) electrons. The topological polar surface area (TPSA) is 101 Å². The first-order valence-electron chi connectivity index (χ1n) is 7.15. The molecule has 1 aliphatic rings. The monoisotopic (exact) mass is 341 g/mol. The van der Waals surface area contributed by atoms with E-state index in [1.165, 1.54) is 4.90 Å². The summed E-state index contributed by atoms with van der Waals surface area (Å²) in [5.41, 5.74) is 0.735. The highest BCUT2D eigenvalue weighted by atomic mass is 32.2. The summed E-state index contributed by atoms with van der Waals surface area (Å²) in [6.07, 6.45) is -0.0362. The number of aliphatic carboxylic acids is 1. The van der Waals surface area contributed by atoms with Crippen LogP contribution >= 0.6 is 0 Å². The minimum Gasteiger partial charge on any atom is -0.479 e. The number of rotatable bonds is 5. The van der Waals surface area contributed by atoms with Crippen molar-refractivity contribution in [3.63, 3.8) is 0 Å². The Morgan fingerprint density at radius 1 is 1.35 bits per heavy atom. The summed E-state index contributed by atoms with van der Waals surface area (Å²) in [6, 6.07) is 8.86. The average Bonchev–Trinajstić information content (AvgIpc) is 2.52. The first-order chi connectivity index (χ1) is 10.8. The summed E-state index contributed by atoms with van der Waals surface area (Å²) < 4.78 is 29.1. The third kappa shape index (κ3) is 4.52. The largest absolute Gasteiger partial charge is 0.479 e. The smallest absolute Gasteiger partial charge is 0.334 e. The Morgan fingerprint density at radius 3 is 2.57 bits per heavy atom. The van der Waals surface area contributed by atoms with Crippen molar-refractivity contribution in [2.45, 2.75) is 17.8 Å². The van der Waals surface area contributed by atoms with Crippen molar-refractivity contribution in [1.29, 1.82) is 0 Å². The van der Waals surface area contributed by atoms with Crippen molar-refractivity contribution < 1.29 is 27.9 Å². The van der Waals surface area contributed by atoms with Gasteiger partial charge in [-0.25, -0.2) is 13.2 Å². The average molecular weight is 341 g/mol. The number of nitrogens with zero attached hydrogens (tertiary/aromatic N) is 1. The van der Waals surface area contributed by atoms with E-state index < -0.39 is 33.1 Å². The lowest BCUT2D eigenvalue weighted by atomic mass is 10.1. The second kappa shape index (κ2) is 7.10. The van der Waals surface area contributed by atoms with Crippen LogP contribution in [0.25, 0.3) is 0 Å². The zero-order valence-electron chi connectivity index (χ0n) is 12.7. The van der Waals surface area contributed by atoms with Gasteiger partial charge in [0.05, 0.1) is 13.2 Å². The number of amides is 1. The van der Waals surface area contributed by atoms with Crippen LogP contribution in [0.4, 0.5) is 0 Å². The third-order valence-corrected chi connectivity index (χ3v) is 5.11. The van der Waals surface area contributed by atoms with Gasteiger partial charge in [0, 0.05) is 12.8 Å².